The van der Waals surface area contributed by atoms with Gasteiger partial charge in [-0.3, -0.25) is 9.69 Å². The number of nitrogens with one attached hydrogen (secondary N) is 1. The number of carbonyl (C=O) groups is 1. The highest BCUT2D eigenvalue weighted by molar-refractivity contribution is 7.98. The summed E-state index contributed by atoms with van der Waals surface area (Å²) in [6.07, 6.45) is 4.94. The van der Waals surface area contributed by atoms with E-state index >= 15 is 0 Å². The first kappa shape index (κ1) is 18.3. The van der Waals surface area contributed by atoms with Gasteiger partial charge in [0.25, 0.3) is 0 Å². The lowest BCUT2D eigenvalue weighted by atomic mass is 9.76. The van der Waals surface area contributed by atoms with Crippen molar-refractivity contribution < 1.29 is 9.90 Å². The Morgan fingerprint density at radius 1 is 1.43 bits per heavy atom. The lowest BCUT2D eigenvalue weighted by Crippen LogP contribution is -2.49. The molecule has 0 bridgehead atoms. The van der Waals surface area contributed by atoms with Crippen LogP contribution in [0.15, 0.2) is 29.2 Å². The topological polar surface area (TPSA) is 52.6 Å². The van der Waals surface area contributed by atoms with Crippen LogP contribution < -0.4 is 5.32 Å². The standard InChI is InChI=1S/C18H28N2O2S/c1-4-18(13-21)8-10-20(11-9-18)14(2)17(22)19-15-6-5-7-16(12-15)23-3/h5-7,12,14,21H,4,8-11,13H2,1-3H3,(H,19,22). The van der Waals surface area contributed by atoms with Crippen LogP contribution in [0, 0.1) is 5.41 Å². The molecular weight excluding hydrogens is 308 g/mol. The van der Waals surface area contributed by atoms with Crippen molar-refractivity contribution in [1.29, 1.82) is 0 Å². The number of nitrogens with zero attached hydrogens (tertiary/aromatic N) is 1. The summed E-state index contributed by atoms with van der Waals surface area (Å²) in [4.78, 5) is 15.9. The Morgan fingerprint density at radius 3 is 2.70 bits per heavy atom. The monoisotopic (exact) mass is 336 g/mol. The minimum Gasteiger partial charge on any atom is -0.396 e. The highest BCUT2D eigenvalue weighted by atomic mass is 32.2. The summed E-state index contributed by atoms with van der Waals surface area (Å²) in [5, 5.41) is 12.6. The van der Waals surface area contributed by atoms with Gasteiger partial charge in [-0.15, -0.1) is 11.8 Å². The van der Waals surface area contributed by atoms with E-state index in [4.69, 9.17) is 0 Å². The molecule has 5 heteroatoms. The molecular formula is C18H28N2O2S. The predicted molar refractivity (Wildman–Crippen MR) is 96.9 cm³/mol. The number of benzene rings is 1. The fourth-order valence-corrected chi connectivity index (χ4v) is 3.58. The fourth-order valence-electron chi connectivity index (χ4n) is 3.12. The van der Waals surface area contributed by atoms with Crippen LogP contribution in [0.2, 0.25) is 0 Å². The lowest BCUT2D eigenvalue weighted by Gasteiger charge is -2.42. The molecule has 1 heterocycles. The second-order valence-electron chi connectivity index (χ2n) is 6.44. The number of anilines is 1. The number of aliphatic hydroxyl groups is 1. The first-order valence-electron chi connectivity index (χ1n) is 8.33. The smallest absolute Gasteiger partial charge is 0.241 e. The van der Waals surface area contributed by atoms with Crippen molar-refractivity contribution in [3.8, 4) is 0 Å². The van der Waals surface area contributed by atoms with Gasteiger partial charge in [0, 0.05) is 17.2 Å². The van der Waals surface area contributed by atoms with Crippen LogP contribution in [0.5, 0.6) is 0 Å². The summed E-state index contributed by atoms with van der Waals surface area (Å²) in [6.45, 7) is 6.09. The molecule has 2 rings (SSSR count). The zero-order chi connectivity index (χ0) is 16.9. The average Bonchev–Trinajstić information content (AvgIpc) is 2.61. The summed E-state index contributed by atoms with van der Waals surface area (Å²) in [5.41, 5.74) is 0.906. The molecule has 1 atom stereocenters. The van der Waals surface area contributed by atoms with E-state index in [1.165, 1.54) is 0 Å². The molecule has 1 aliphatic rings. The molecule has 1 unspecified atom stereocenters. The Morgan fingerprint density at radius 2 is 2.13 bits per heavy atom. The highest BCUT2D eigenvalue weighted by Crippen LogP contribution is 2.34. The van der Waals surface area contributed by atoms with Crippen LogP contribution in [0.3, 0.4) is 0 Å². The normalized spacial score (nSPS) is 19.3. The Labute approximate surface area is 143 Å². The lowest BCUT2D eigenvalue weighted by molar-refractivity contribution is -0.121. The van der Waals surface area contributed by atoms with Crippen LogP contribution in [0.4, 0.5) is 5.69 Å². The average molecular weight is 337 g/mol. The Hall–Kier alpha value is -1.04. The molecule has 1 saturated heterocycles. The molecule has 0 aromatic heterocycles. The molecule has 1 aromatic rings. The molecule has 128 valence electrons. The molecule has 23 heavy (non-hydrogen) atoms. The number of rotatable bonds is 6. The zero-order valence-electron chi connectivity index (χ0n) is 14.3. The van der Waals surface area contributed by atoms with Gasteiger partial charge in [-0.2, -0.15) is 0 Å². The van der Waals surface area contributed by atoms with Gasteiger partial charge in [0.15, 0.2) is 0 Å². The molecule has 0 spiro atoms. The van der Waals surface area contributed by atoms with Crippen molar-refractivity contribution in [2.45, 2.75) is 44.0 Å². The van der Waals surface area contributed by atoms with Crippen LogP contribution in [-0.2, 0) is 4.79 Å². The van der Waals surface area contributed by atoms with Gasteiger partial charge in [-0.25, -0.2) is 0 Å². The molecule has 0 aliphatic carbocycles. The van der Waals surface area contributed by atoms with Crippen molar-refractivity contribution in [3.63, 3.8) is 0 Å². The van der Waals surface area contributed by atoms with E-state index in [-0.39, 0.29) is 24.0 Å². The number of aliphatic hydroxyl groups excluding tert-OH is 1. The Bertz CT molecular complexity index is 522. The predicted octanol–water partition coefficient (Wildman–Crippen LogP) is 3.22. The second kappa shape index (κ2) is 8.18. The van der Waals surface area contributed by atoms with Crippen LogP contribution in [0.25, 0.3) is 0 Å². The largest absolute Gasteiger partial charge is 0.396 e. The molecule has 1 aliphatic heterocycles. The number of hydrogen-bond donors (Lipinski definition) is 2. The van der Waals surface area contributed by atoms with E-state index in [0.29, 0.717) is 0 Å². The summed E-state index contributed by atoms with van der Waals surface area (Å²) in [5.74, 6) is 0.0382. The number of hydrogen-bond acceptors (Lipinski definition) is 4. The van der Waals surface area contributed by atoms with E-state index in [0.717, 1.165) is 42.9 Å². The van der Waals surface area contributed by atoms with Crippen molar-refractivity contribution in [2.75, 3.05) is 31.3 Å². The third-order valence-corrected chi connectivity index (χ3v) is 5.93. The van der Waals surface area contributed by atoms with Gasteiger partial charge in [-0.1, -0.05) is 13.0 Å². The van der Waals surface area contributed by atoms with E-state index in [2.05, 4.69) is 17.1 Å². The molecule has 1 amide bonds. The number of thioether (sulfide) groups is 1. The minimum absolute atomic E-state index is 0.0382. The van der Waals surface area contributed by atoms with Crippen LogP contribution in [0.1, 0.15) is 33.1 Å². The Kier molecular flexibility index (Phi) is 6.50. The van der Waals surface area contributed by atoms with Crippen LogP contribution in [-0.4, -0.2) is 47.9 Å². The Balaban J connectivity index is 1.93. The highest BCUT2D eigenvalue weighted by Gasteiger charge is 2.35. The van der Waals surface area contributed by atoms with Gasteiger partial charge >= 0.3 is 0 Å². The molecule has 1 fully saturated rings. The number of piperidine rings is 1. The summed E-state index contributed by atoms with van der Waals surface area (Å²) < 4.78 is 0. The maximum absolute atomic E-state index is 12.5. The summed E-state index contributed by atoms with van der Waals surface area (Å²) >= 11 is 1.67. The maximum Gasteiger partial charge on any atom is 0.241 e. The number of amides is 1. The summed E-state index contributed by atoms with van der Waals surface area (Å²) in [7, 11) is 0. The SMILES string of the molecule is CCC1(CO)CCN(C(C)C(=O)Nc2cccc(SC)c2)CC1. The van der Waals surface area contributed by atoms with Gasteiger partial charge in [0.1, 0.15) is 0 Å². The number of likely N-dealkylation sites (tertiary alicyclic amines) is 1. The van der Waals surface area contributed by atoms with Crippen molar-refractivity contribution in [2.24, 2.45) is 5.41 Å². The summed E-state index contributed by atoms with van der Waals surface area (Å²) in [6, 6.07) is 7.77. The van der Waals surface area contributed by atoms with Crippen LogP contribution >= 0.6 is 11.8 Å². The first-order chi connectivity index (χ1) is 11.0. The van der Waals surface area contributed by atoms with Crippen molar-refractivity contribution in [1.82, 2.24) is 4.90 Å². The second-order valence-corrected chi connectivity index (χ2v) is 7.32. The molecule has 1 aromatic carbocycles. The zero-order valence-corrected chi connectivity index (χ0v) is 15.2. The molecule has 0 radical (unpaired) electrons. The fraction of sp³-hybridized carbons (Fsp3) is 0.611. The van der Waals surface area contributed by atoms with E-state index in [1.54, 1.807) is 11.8 Å². The van der Waals surface area contributed by atoms with Gasteiger partial charge in [-0.05, 0) is 69.1 Å². The molecule has 0 saturated carbocycles. The van der Waals surface area contributed by atoms with E-state index < -0.39 is 0 Å². The van der Waals surface area contributed by atoms with E-state index in [1.807, 2.05) is 37.4 Å². The van der Waals surface area contributed by atoms with E-state index in [9.17, 15) is 9.90 Å². The number of carbonyl (C=O) groups excluding carboxylic acids is 1. The quantitative estimate of drug-likeness (QED) is 0.783. The van der Waals surface area contributed by atoms with Crippen molar-refractivity contribution >= 4 is 23.4 Å². The molecule has 4 nitrogen and oxygen atoms in total. The van der Waals surface area contributed by atoms with Gasteiger partial charge < -0.3 is 10.4 Å². The minimum atomic E-state index is -0.151. The third kappa shape index (κ3) is 4.49. The van der Waals surface area contributed by atoms with Gasteiger partial charge in [0.2, 0.25) is 5.91 Å². The molecule has 2 N–H and O–H groups in total. The first-order valence-corrected chi connectivity index (χ1v) is 9.56. The van der Waals surface area contributed by atoms with Crippen molar-refractivity contribution in [3.05, 3.63) is 24.3 Å². The van der Waals surface area contributed by atoms with Gasteiger partial charge in [0.05, 0.1) is 6.04 Å². The third-order valence-electron chi connectivity index (χ3n) is 5.21. The maximum atomic E-state index is 12.5.